The molecule has 1 aromatic heterocycles. The first-order valence-corrected chi connectivity index (χ1v) is 3.49. The standard InChI is InChI=1S/C7H8N2O4/c1-4-8-2-3-9(4)5(6(10)11)7(12)13/h2-3,5H,1H3,(H,10,11)(H,12,13). The molecule has 0 unspecified atom stereocenters. The molecule has 1 rings (SSSR count). The van der Waals surface area contributed by atoms with Gasteiger partial charge in [-0.1, -0.05) is 0 Å². The van der Waals surface area contributed by atoms with Crippen LogP contribution in [0.5, 0.6) is 0 Å². The van der Waals surface area contributed by atoms with Gasteiger partial charge in [-0.05, 0) is 6.92 Å². The predicted octanol–water partition coefficient (Wildman–Crippen LogP) is -0.0982. The summed E-state index contributed by atoms with van der Waals surface area (Å²) in [5.41, 5.74) is 0. The van der Waals surface area contributed by atoms with Crippen molar-refractivity contribution >= 4 is 11.9 Å². The van der Waals surface area contributed by atoms with E-state index in [0.29, 0.717) is 5.82 Å². The van der Waals surface area contributed by atoms with Crippen molar-refractivity contribution in [1.82, 2.24) is 9.55 Å². The number of carboxylic acid groups (broad SMARTS) is 2. The number of aliphatic carboxylic acids is 2. The highest BCUT2D eigenvalue weighted by Gasteiger charge is 2.28. The van der Waals surface area contributed by atoms with E-state index in [4.69, 9.17) is 10.2 Å². The highest BCUT2D eigenvalue weighted by atomic mass is 16.4. The molecule has 0 spiro atoms. The maximum Gasteiger partial charge on any atom is 0.338 e. The molecule has 0 aliphatic carbocycles. The summed E-state index contributed by atoms with van der Waals surface area (Å²) in [5.74, 6) is -2.46. The topological polar surface area (TPSA) is 92.4 Å². The molecule has 13 heavy (non-hydrogen) atoms. The lowest BCUT2D eigenvalue weighted by Crippen LogP contribution is -2.27. The Bertz CT molecular complexity index is 330. The number of nitrogens with zero attached hydrogens (tertiary/aromatic N) is 2. The van der Waals surface area contributed by atoms with Gasteiger partial charge in [0.2, 0.25) is 6.04 Å². The molecule has 0 bridgehead atoms. The first-order valence-electron chi connectivity index (χ1n) is 3.49. The number of aromatic nitrogens is 2. The summed E-state index contributed by atoms with van der Waals surface area (Å²) in [7, 11) is 0. The van der Waals surface area contributed by atoms with Gasteiger partial charge in [0.1, 0.15) is 5.82 Å². The van der Waals surface area contributed by atoms with E-state index in [2.05, 4.69) is 4.98 Å². The second-order valence-electron chi connectivity index (χ2n) is 2.46. The van der Waals surface area contributed by atoms with Gasteiger partial charge in [0.15, 0.2) is 0 Å². The second-order valence-corrected chi connectivity index (χ2v) is 2.46. The van der Waals surface area contributed by atoms with Crippen LogP contribution in [0.25, 0.3) is 0 Å². The SMILES string of the molecule is Cc1nccn1C(C(=O)O)C(=O)O. The van der Waals surface area contributed by atoms with E-state index >= 15 is 0 Å². The largest absolute Gasteiger partial charge is 0.479 e. The van der Waals surface area contributed by atoms with Crippen LogP contribution in [-0.4, -0.2) is 31.7 Å². The van der Waals surface area contributed by atoms with E-state index < -0.39 is 18.0 Å². The highest BCUT2D eigenvalue weighted by molar-refractivity contribution is 5.95. The molecule has 0 aliphatic rings. The van der Waals surface area contributed by atoms with E-state index in [1.165, 1.54) is 12.4 Å². The minimum absolute atomic E-state index is 0.356. The van der Waals surface area contributed by atoms with Gasteiger partial charge in [0.05, 0.1) is 0 Å². The number of aryl methyl sites for hydroxylation is 1. The Morgan fingerprint density at radius 3 is 2.31 bits per heavy atom. The Morgan fingerprint density at radius 1 is 1.46 bits per heavy atom. The number of rotatable bonds is 3. The van der Waals surface area contributed by atoms with Gasteiger partial charge >= 0.3 is 11.9 Å². The normalized spacial score (nSPS) is 10.3. The third kappa shape index (κ3) is 1.66. The fourth-order valence-corrected chi connectivity index (χ4v) is 1.00. The van der Waals surface area contributed by atoms with Crippen LogP contribution in [-0.2, 0) is 9.59 Å². The monoisotopic (exact) mass is 184 g/mol. The zero-order valence-corrected chi connectivity index (χ0v) is 6.84. The molecule has 0 atom stereocenters. The van der Waals surface area contributed by atoms with Crippen molar-refractivity contribution in [3.63, 3.8) is 0 Å². The van der Waals surface area contributed by atoms with E-state index in [1.54, 1.807) is 6.92 Å². The van der Waals surface area contributed by atoms with Crippen LogP contribution in [0.3, 0.4) is 0 Å². The molecular weight excluding hydrogens is 176 g/mol. The summed E-state index contributed by atoms with van der Waals surface area (Å²) in [4.78, 5) is 24.9. The maximum absolute atomic E-state index is 10.6. The summed E-state index contributed by atoms with van der Waals surface area (Å²) < 4.78 is 1.09. The molecule has 0 saturated carbocycles. The van der Waals surface area contributed by atoms with E-state index in [0.717, 1.165) is 4.57 Å². The number of imidazole rings is 1. The molecule has 70 valence electrons. The second kappa shape index (κ2) is 3.26. The molecular formula is C7H8N2O4. The van der Waals surface area contributed by atoms with Crippen molar-refractivity contribution < 1.29 is 19.8 Å². The van der Waals surface area contributed by atoms with Gasteiger partial charge in [-0.15, -0.1) is 0 Å². The smallest absolute Gasteiger partial charge is 0.338 e. The van der Waals surface area contributed by atoms with Gasteiger partial charge in [-0.2, -0.15) is 0 Å². The van der Waals surface area contributed by atoms with Crippen LogP contribution >= 0.6 is 0 Å². The average molecular weight is 184 g/mol. The zero-order valence-electron chi connectivity index (χ0n) is 6.84. The van der Waals surface area contributed by atoms with Crippen molar-refractivity contribution in [2.45, 2.75) is 13.0 Å². The number of hydrogen-bond acceptors (Lipinski definition) is 3. The molecule has 0 saturated heterocycles. The van der Waals surface area contributed by atoms with Gasteiger partial charge in [0, 0.05) is 12.4 Å². The van der Waals surface area contributed by atoms with Crippen LogP contribution in [0, 0.1) is 6.92 Å². The van der Waals surface area contributed by atoms with Crippen molar-refractivity contribution in [2.24, 2.45) is 0 Å². The van der Waals surface area contributed by atoms with Crippen LogP contribution in [0.1, 0.15) is 11.9 Å². The molecule has 2 N–H and O–H groups in total. The lowest BCUT2D eigenvalue weighted by molar-refractivity contribution is -0.153. The van der Waals surface area contributed by atoms with Gasteiger partial charge in [-0.3, -0.25) is 0 Å². The summed E-state index contributed by atoms with van der Waals surface area (Å²) in [6.45, 7) is 1.54. The van der Waals surface area contributed by atoms with Crippen LogP contribution in [0.4, 0.5) is 0 Å². The molecule has 6 nitrogen and oxygen atoms in total. The van der Waals surface area contributed by atoms with Crippen LogP contribution < -0.4 is 0 Å². The van der Waals surface area contributed by atoms with Crippen molar-refractivity contribution in [2.75, 3.05) is 0 Å². The van der Waals surface area contributed by atoms with Crippen LogP contribution in [0.15, 0.2) is 12.4 Å². The molecule has 0 fully saturated rings. The van der Waals surface area contributed by atoms with Crippen molar-refractivity contribution in [3.8, 4) is 0 Å². The maximum atomic E-state index is 10.6. The van der Waals surface area contributed by atoms with Gasteiger partial charge in [0.25, 0.3) is 0 Å². The third-order valence-corrected chi connectivity index (χ3v) is 1.61. The number of carboxylic acids is 2. The van der Waals surface area contributed by atoms with Crippen molar-refractivity contribution in [1.29, 1.82) is 0 Å². The number of hydrogen-bond donors (Lipinski definition) is 2. The molecule has 1 heterocycles. The van der Waals surface area contributed by atoms with E-state index in [9.17, 15) is 9.59 Å². The lowest BCUT2D eigenvalue weighted by Gasteiger charge is -2.09. The van der Waals surface area contributed by atoms with Gasteiger partial charge < -0.3 is 14.8 Å². The Kier molecular flexibility index (Phi) is 2.32. The van der Waals surface area contributed by atoms with E-state index in [1.807, 2.05) is 0 Å². The fourth-order valence-electron chi connectivity index (χ4n) is 1.00. The van der Waals surface area contributed by atoms with Crippen molar-refractivity contribution in [3.05, 3.63) is 18.2 Å². The molecule has 6 heteroatoms. The van der Waals surface area contributed by atoms with Gasteiger partial charge in [-0.25, -0.2) is 14.6 Å². The minimum Gasteiger partial charge on any atom is -0.479 e. The average Bonchev–Trinajstić information content (AvgIpc) is 2.35. The molecule has 0 radical (unpaired) electrons. The zero-order chi connectivity index (χ0) is 10.0. The molecule has 0 aliphatic heterocycles. The fraction of sp³-hybridized carbons (Fsp3) is 0.286. The minimum atomic E-state index is -1.59. The summed E-state index contributed by atoms with van der Waals surface area (Å²) in [6.07, 6.45) is 2.68. The predicted molar refractivity (Wildman–Crippen MR) is 41.3 cm³/mol. The first-order chi connectivity index (χ1) is 6.04. The molecule has 0 aromatic carbocycles. The lowest BCUT2D eigenvalue weighted by atomic mass is 10.3. The number of carbonyl (C=O) groups is 2. The summed E-state index contributed by atoms with van der Waals surface area (Å²) in [5, 5.41) is 17.2. The summed E-state index contributed by atoms with van der Waals surface area (Å²) >= 11 is 0. The Hall–Kier alpha value is -1.85. The Morgan fingerprint density at radius 2 is 2.00 bits per heavy atom. The van der Waals surface area contributed by atoms with Crippen LogP contribution in [0.2, 0.25) is 0 Å². The Balaban J connectivity index is 3.09. The quantitative estimate of drug-likeness (QED) is 0.640. The summed E-state index contributed by atoms with van der Waals surface area (Å²) in [6, 6.07) is -1.59. The Labute approximate surface area is 73.4 Å². The highest BCUT2D eigenvalue weighted by Crippen LogP contribution is 2.09. The molecule has 0 amide bonds. The van der Waals surface area contributed by atoms with E-state index in [-0.39, 0.29) is 0 Å². The first kappa shape index (κ1) is 9.24. The third-order valence-electron chi connectivity index (χ3n) is 1.61. The molecule has 1 aromatic rings.